The molecule has 0 aliphatic heterocycles. The molecular formula is C14H18ClNO3. The molecular weight excluding hydrogens is 266 g/mol. The molecule has 0 atom stereocenters. The summed E-state index contributed by atoms with van der Waals surface area (Å²) in [5.74, 6) is 0.0791. The first-order chi connectivity index (χ1) is 9.10. The second kappa shape index (κ2) is 7.79. The van der Waals surface area contributed by atoms with Gasteiger partial charge >= 0.3 is 5.97 Å². The highest BCUT2D eigenvalue weighted by Gasteiger charge is 2.13. The summed E-state index contributed by atoms with van der Waals surface area (Å²) in [4.78, 5) is 23.3. The average Bonchev–Trinajstić information content (AvgIpc) is 2.40. The molecule has 1 aromatic rings. The van der Waals surface area contributed by atoms with Gasteiger partial charge in [-0.25, -0.2) is 4.79 Å². The maximum absolute atomic E-state index is 11.7. The van der Waals surface area contributed by atoms with E-state index in [4.69, 9.17) is 16.3 Å². The van der Waals surface area contributed by atoms with Gasteiger partial charge in [0.1, 0.15) is 0 Å². The van der Waals surface area contributed by atoms with Gasteiger partial charge in [-0.05, 0) is 37.5 Å². The minimum Gasteiger partial charge on any atom is -0.465 e. The summed E-state index contributed by atoms with van der Waals surface area (Å²) >= 11 is 5.56. The zero-order chi connectivity index (χ0) is 14.3. The van der Waals surface area contributed by atoms with Crippen LogP contribution in [0.5, 0.6) is 0 Å². The van der Waals surface area contributed by atoms with Crippen LogP contribution in [0, 0.1) is 6.92 Å². The summed E-state index contributed by atoms with van der Waals surface area (Å²) in [6.45, 7) is 1.78. The predicted octanol–water partition coefficient (Wildman–Crippen LogP) is 3.13. The summed E-state index contributed by atoms with van der Waals surface area (Å²) < 4.78 is 4.69. The van der Waals surface area contributed by atoms with Crippen LogP contribution < -0.4 is 5.32 Å². The molecule has 5 heteroatoms. The zero-order valence-corrected chi connectivity index (χ0v) is 11.9. The van der Waals surface area contributed by atoms with Crippen LogP contribution in [0.2, 0.25) is 0 Å². The lowest BCUT2D eigenvalue weighted by molar-refractivity contribution is -0.116. The van der Waals surface area contributed by atoms with Crippen molar-refractivity contribution in [1.29, 1.82) is 0 Å². The molecule has 0 heterocycles. The van der Waals surface area contributed by atoms with Crippen molar-refractivity contribution < 1.29 is 14.3 Å². The Hall–Kier alpha value is -1.55. The number of ether oxygens (including phenoxy) is 1. The van der Waals surface area contributed by atoms with Crippen LogP contribution in [-0.2, 0) is 9.53 Å². The maximum atomic E-state index is 11.7. The van der Waals surface area contributed by atoms with Crippen LogP contribution >= 0.6 is 11.6 Å². The van der Waals surface area contributed by atoms with Crippen LogP contribution in [0.3, 0.4) is 0 Å². The number of hydrogen-bond acceptors (Lipinski definition) is 3. The van der Waals surface area contributed by atoms with Gasteiger partial charge in [0.2, 0.25) is 5.91 Å². The maximum Gasteiger partial charge on any atom is 0.338 e. The molecule has 0 bridgehead atoms. The van der Waals surface area contributed by atoms with Crippen molar-refractivity contribution in [3.63, 3.8) is 0 Å². The first-order valence-corrected chi connectivity index (χ1v) is 6.67. The van der Waals surface area contributed by atoms with E-state index in [1.165, 1.54) is 7.11 Å². The Bertz CT molecular complexity index is 460. The molecule has 4 nitrogen and oxygen atoms in total. The standard InChI is InChI=1S/C14H18ClNO3/c1-10-11(14(18)19-2)6-5-7-12(10)16-13(17)8-3-4-9-15/h5-7H,3-4,8-9H2,1-2H3,(H,16,17). The van der Waals surface area contributed by atoms with E-state index in [1.807, 2.05) is 0 Å². The molecule has 0 saturated heterocycles. The van der Waals surface area contributed by atoms with E-state index >= 15 is 0 Å². The molecule has 1 rings (SSSR count). The van der Waals surface area contributed by atoms with Gasteiger partial charge in [-0.2, -0.15) is 0 Å². The molecule has 0 aromatic heterocycles. The van der Waals surface area contributed by atoms with E-state index in [9.17, 15) is 9.59 Å². The third-order valence-electron chi connectivity index (χ3n) is 2.80. The van der Waals surface area contributed by atoms with Crippen LogP contribution in [0.1, 0.15) is 35.2 Å². The Balaban J connectivity index is 2.73. The van der Waals surface area contributed by atoms with E-state index < -0.39 is 5.97 Å². The van der Waals surface area contributed by atoms with Gasteiger partial charge in [0, 0.05) is 18.0 Å². The first kappa shape index (κ1) is 15.5. The van der Waals surface area contributed by atoms with Gasteiger partial charge in [0.05, 0.1) is 12.7 Å². The molecule has 1 amide bonds. The second-order valence-corrected chi connectivity index (χ2v) is 4.54. The number of unbranched alkanes of at least 4 members (excludes halogenated alkanes) is 1. The summed E-state index contributed by atoms with van der Waals surface area (Å²) in [6, 6.07) is 5.15. The number of halogens is 1. The molecule has 0 saturated carbocycles. The molecule has 104 valence electrons. The molecule has 0 spiro atoms. The molecule has 0 radical (unpaired) electrons. The Kier molecular flexibility index (Phi) is 6.36. The average molecular weight is 284 g/mol. The second-order valence-electron chi connectivity index (χ2n) is 4.16. The number of esters is 1. The van der Waals surface area contributed by atoms with Crippen molar-refractivity contribution in [2.45, 2.75) is 26.2 Å². The van der Waals surface area contributed by atoms with E-state index in [1.54, 1.807) is 25.1 Å². The number of hydrogen-bond donors (Lipinski definition) is 1. The van der Waals surface area contributed by atoms with Crippen LogP contribution in [-0.4, -0.2) is 24.9 Å². The summed E-state index contributed by atoms with van der Waals surface area (Å²) in [7, 11) is 1.33. The van der Waals surface area contributed by atoms with E-state index in [0.29, 0.717) is 29.1 Å². The van der Waals surface area contributed by atoms with Crippen LogP contribution in [0.4, 0.5) is 5.69 Å². The summed E-state index contributed by atoms with van der Waals surface area (Å²) in [6.07, 6.45) is 2.00. The summed E-state index contributed by atoms with van der Waals surface area (Å²) in [5, 5.41) is 2.80. The highest BCUT2D eigenvalue weighted by molar-refractivity contribution is 6.17. The number of amides is 1. The fourth-order valence-corrected chi connectivity index (χ4v) is 1.88. The quantitative estimate of drug-likeness (QED) is 0.496. The van der Waals surface area contributed by atoms with Crippen molar-refractivity contribution in [3.05, 3.63) is 29.3 Å². The molecule has 0 unspecified atom stereocenters. The number of rotatable bonds is 6. The largest absolute Gasteiger partial charge is 0.465 e. The van der Waals surface area contributed by atoms with Crippen LogP contribution in [0.15, 0.2) is 18.2 Å². The smallest absolute Gasteiger partial charge is 0.338 e. The fraction of sp³-hybridized carbons (Fsp3) is 0.429. The van der Waals surface area contributed by atoms with Crippen molar-refractivity contribution in [3.8, 4) is 0 Å². The number of carbonyl (C=O) groups is 2. The van der Waals surface area contributed by atoms with Gasteiger partial charge in [0.25, 0.3) is 0 Å². The lowest BCUT2D eigenvalue weighted by atomic mass is 10.1. The SMILES string of the molecule is COC(=O)c1cccc(NC(=O)CCCCCl)c1C. The Morgan fingerprint density at radius 3 is 2.68 bits per heavy atom. The molecule has 0 aliphatic carbocycles. The monoisotopic (exact) mass is 283 g/mol. The minimum absolute atomic E-state index is 0.0739. The highest BCUT2D eigenvalue weighted by Crippen LogP contribution is 2.20. The topological polar surface area (TPSA) is 55.4 Å². The number of carbonyl (C=O) groups excluding carboxylic acids is 2. The van der Waals surface area contributed by atoms with Gasteiger partial charge < -0.3 is 10.1 Å². The molecule has 0 aliphatic rings. The van der Waals surface area contributed by atoms with Crippen LogP contribution in [0.25, 0.3) is 0 Å². The normalized spacial score (nSPS) is 10.1. The van der Waals surface area contributed by atoms with Gasteiger partial charge in [-0.1, -0.05) is 6.07 Å². The Labute approximate surface area is 118 Å². The number of alkyl halides is 1. The number of anilines is 1. The fourth-order valence-electron chi connectivity index (χ4n) is 1.69. The highest BCUT2D eigenvalue weighted by atomic mass is 35.5. The van der Waals surface area contributed by atoms with Gasteiger partial charge in [-0.3, -0.25) is 4.79 Å². The van der Waals surface area contributed by atoms with Crippen molar-refractivity contribution >= 4 is 29.2 Å². The van der Waals surface area contributed by atoms with E-state index in [0.717, 1.165) is 12.8 Å². The minimum atomic E-state index is -0.407. The third-order valence-corrected chi connectivity index (χ3v) is 3.07. The molecule has 0 fully saturated rings. The van der Waals surface area contributed by atoms with E-state index in [2.05, 4.69) is 5.32 Å². The third kappa shape index (κ3) is 4.56. The number of nitrogens with one attached hydrogen (secondary N) is 1. The van der Waals surface area contributed by atoms with Crippen molar-refractivity contribution in [2.75, 3.05) is 18.3 Å². The lowest BCUT2D eigenvalue weighted by Crippen LogP contribution is -2.14. The Morgan fingerprint density at radius 1 is 1.32 bits per heavy atom. The zero-order valence-electron chi connectivity index (χ0n) is 11.2. The van der Waals surface area contributed by atoms with Gasteiger partial charge in [-0.15, -0.1) is 11.6 Å². The van der Waals surface area contributed by atoms with Crippen molar-refractivity contribution in [2.24, 2.45) is 0 Å². The number of benzene rings is 1. The Morgan fingerprint density at radius 2 is 2.05 bits per heavy atom. The van der Waals surface area contributed by atoms with E-state index in [-0.39, 0.29) is 5.91 Å². The lowest BCUT2D eigenvalue weighted by Gasteiger charge is -2.11. The van der Waals surface area contributed by atoms with Gasteiger partial charge in [0.15, 0.2) is 0 Å². The van der Waals surface area contributed by atoms with Crippen molar-refractivity contribution in [1.82, 2.24) is 0 Å². The molecule has 19 heavy (non-hydrogen) atoms. The predicted molar refractivity (Wildman–Crippen MR) is 75.7 cm³/mol. The summed E-state index contributed by atoms with van der Waals surface area (Å²) in [5.41, 5.74) is 1.81. The number of methoxy groups -OCH3 is 1. The molecule has 1 aromatic carbocycles. The first-order valence-electron chi connectivity index (χ1n) is 6.14. The molecule has 1 N–H and O–H groups in total.